The Bertz CT molecular complexity index is 405. The highest BCUT2D eigenvalue weighted by Gasteiger charge is 2.33. The average Bonchev–Trinajstić information content (AvgIpc) is 2.57. The Balaban J connectivity index is 2.23. The van der Waals surface area contributed by atoms with Crippen LogP contribution in [0, 0.1) is 11.8 Å². The lowest BCUT2D eigenvalue weighted by Gasteiger charge is -2.37. The summed E-state index contributed by atoms with van der Waals surface area (Å²) in [7, 11) is 0. The number of ether oxygens (including phenoxy) is 3. The van der Waals surface area contributed by atoms with Gasteiger partial charge in [-0.1, -0.05) is 39.7 Å². The summed E-state index contributed by atoms with van der Waals surface area (Å²) in [6.07, 6.45) is 6.79. The molecule has 1 N–H and O–H groups in total. The topological polar surface area (TPSA) is 65.0 Å². The van der Waals surface area contributed by atoms with Crippen molar-refractivity contribution in [2.75, 3.05) is 6.61 Å². The molecule has 25 heavy (non-hydrogen) atoms. The number of esters is 1. The lowest BCUT2D eigenvalue weighted by molar-refractivity contribution is -0.255. The normalized spacial score (nSPS) is 28.4. The fourth-order valence-corrected chi connectivity index (χ4v) is 2.87. The van der Waals surface area contributed by atoms with Crippen LogP contribution in [-0.2, 0) is 19.0 Å². The zero-order valence-corrected chi connectivity index (χ0v) is 16.4. The van der Waals surface area contributed by atoms with Gasteiger partial charge in [0.15, 0.2) is 6.29 Å². The third-order valence-corrected chi connectivity index (χ3v) is 4.94. The van der Waals surface area contributed by atoms with Crippen molar-refractivity contribution < 1.29 is 24.1 Å². The molecule has 0 spiro atoms. The second-order valence-electron chi connectivity index (χ2n) is 7.23. The van der Waals surface area contributed by atoms with E-state index in [0.29, 0.717) is 18.9 Å². The van der Waals surface area contributed by atoms with Crippen molar-refractivity contribution in [3.8, 4) is 0 Å². The van der Waals surface area contributed by atoms with E-state index in [1.54, 1.807) is 0 Å². The van der Waals surface area contributed by atoms with E-state index in [1.807, 2.05) is 26.8 Å². The molecule has 1 saturated heterocycles. The van der Waals surface area contributed by atoms with Gasteiger partial charge in [-0.3, -0.25) is 0 Å². The maximum absolute atomic E-state index is 11.7. The first kappa shape index (κ1) is 22.1. The summed E-state index contributed by atoms with van der Waals surface area (Å²) in [5.41, 5.74) is 0. The van der Waals surface area contributed by atoms with Gasteiger partial charge >= 0.3 is 5.97 Å². The van der Waals surface area contributed by atoms with Crippen LogP contribution in [0.1, 0.15) is 66.7 Å². The predicted octanol–water partition coefficient (Wildman–Crippen LogP) is 3.84. The monoisotopic (exact) mass is 356 g/mol. The van der Waals surface area contributed by atoms with Gasteiger partial charge in [-0.25, -0.2) is 4.79 Å². The number of aliphatic hydroxyl groups is 1. The van der Waals surface area contributed by atoms with Crippen molar-refractivity contribution in [2.45, 2.75) is 91.3 Å². The van der Waals surface area contributed by atoms with Gasteiger partial charge in [-0.05, 0) is 39.0 Å². The molecule has 1 aliphatic heterocycles. The standard InChI is InChI=1S/C20H36O5/c1-6-17(7-2)13-23-19(22)11-9-8-10-15(4)24-20-14(3)12-18(21)16(5)25-20/h9,11,14-18,20-21H,6-8,10,12-13H2,1-5H3/b11-9-/t14-,15-,16+,18-,20-/m1/s1. The van der Waals surface area contributed by atoms with E-state index in [4.69, 9.17) is 14.2 Å². The predicted molar refractivity (Wildman–Crippen MR) is 98.1 cm³/mol. The molecule has 1 aliphatic rings. The van der Waals surface area contributed by atoms with Crippen molar-refractivity contribution in [2.24, 2.45) is 11.8 Å². The molecule has 0 aromatic rings. The fraction of sp³-hybridized carbons (Fsp3) is 0.850. The molecule has 1 fully saturated rings. The lowest BCUT2D eigenvalue weighted by Crippen LogP contribution is -2.44. The molecule has 5 heteroatoms. The highest BCUT2D eigenvalue weighted by atomic mass is 16.7. The smallest absolute Gasteiger partial charge is 0.330 e. The number of hydrogen-bond acceptors (Lipinski definition) is 5. The van der Waals surface area contributed by atoms with Crippen LogP contribution in [0.25, 0.3) is 0 Å². The Labute approximate surface area is 152 Å². The third-order valence-electron chi connectivity index (χ3n) is 4.94. The number of carbonyl (C=O) groups is 1. The molecular weight excluding hydrogens is 320 g/mol. The van der Waals surface area contributed by atoms with Gasteiger partial charge in [-0.15, -0.1) is 0 Å². The fourth-order valence-electron chi connectivity index (χ4n) is 2.87. The van der Waals surface area contributed by atoms with E-state index >= 15 is 0 Å². The minimum atomic E-state index is -0.417. The first-order chi connectivity index (χ1) is 11.9. The van der Waals surface area contributed by atoms with E-state index in [1.165, 1.54) is 6.08 Å². The van der Waals surface area contributed by atoms with Crippen LogP contribution >= 0.6 is 0 Å². The molecule has 0 aromatic heterocycles. The average molecular weight is 357 g/mol. The van der Waals surface area contributed by atoms with Crippen molar-refractivity contribution in [3.05, 3.63) is 12.2 Å². The molecule has 146 valence electrons. The highest BCUT2D eigenvalue weighted by Crippen LogP contribution is 2.27. The Morgan fingerprint density at radius 3 is 2.64 bits per heavy atom. The summed E-state index contributed by atoms with van der Waals surface area (Å²) in [6, 6.07) is 0. The van der Waals surface area contributed by atoms with Crippen LogP contribution < -0.4 is 0 Å². The van der Waals surface area contributed by atoms with Gasteiger partial charge < -0.3 is 19.3 Å². The number of allylic oxidation sites excluding steroid dienone is 1. The summed E-state index contributed by atoms with van der Waals surface area (Å²) in [4.78, 5) is 11.7. The zero-order valence-electron chi connectivity index (χ0n) is 16.4. The molecule has 0 amide bonds. The lowest BCUT2D eigenvalue weighted by atomic mass is 9.96. The summed E-state index contributed by atoms with van der Waals surface area (Å²) >= 11 is 0. The number of rotatable bonds is 10. The molecule has 0 aromatic carbocycles. The Hall–Kier alpha value is -0.910. The molecule has 0 unspecified atom stereocenters. The first-order valence-electron chi connectivity index (χ1n) is 9.69. The molecule has 5 atom stereocenters. The maximum atomic E-state index is 11.7. The van der Waals surface area contributed by atoms with Gasteiger partial charge in [0.25, 0.3) is 0 Å². The first-order valence-corrected chi connectivity index (χ1v) is 9.69. The van der Waals surface area contributed by atoms with Crippen LogP contribution in [0.4, 0.5) is 0 Å². The molecular formula is C20H36O5. The minimum absolute atomic E-state index is 0.0279. The molecule has 0 radical (unpaired) electrons. The second kappa shape index (κ2) is 11.7. The molecule has 1 rings (SSSR count). The van der Waals surface area contributed by atoms with Crippen LogP contribution in [-0.4, -0.2) is 42.3 Å². The van der Waals surface area contributed by atoms with E-state index in [0.717, 1.165) is 25.7 Å². The van der Waals surface area contributed by atoms with Gasteiger partial charge in [0.05, 0.1) is 24.9 Å². The Morgan fingerprint density at radius 1 is 1.32 bits per heavy atom. The summed E-state index contributed by atoms with van der Waals surface area (Å²) in [5, 5.41) is 9.80. The van der Waals surface area contributed by atoms with Crippen LogP contribution in [0.5, 0.6) is 0 Å². The highest BCUT2D eigenvalue weighted by molar-refractivity contribution is 5.81. The van der Waals surface area contributed by atoms with Crippen LogP contribution in [0.15, 0.2) is 12.2 Å². The number of hydrogen-bond donors (Lipinski definition) is 1. The Morgan fingerprint density at radius 2 is 2.00 bits per heavy atom. The van der Waals surface area contributed by atoms with Crippen molar-refractivity contribution in [1.29, 1.82) is 0 Å². The van der Waals surface area contributed by atoms with Crippen molar-refractivity contribution in [1.82, 2.24) is 0 Å². The zero-order chi connectivity index (χ0) is 18.8. The Kier molecular flexibility index (Phi) is 10.3. The molecule has 5 nitrogen and oxygen atoms in total. The largest absolute Gasteiger partial charge is 0.462 e. The van der Waals surface area contributed by atoms with Gasteiger partial charge in [0, 0.05) is 12.0 Å². The van der Waals surface area contributed by atoms with Crippen molar-refractivity contribution >= 4 is 5.97 Å². The van der Waals surface area contributed by atoms with E-state index in [9.17, 15) is 9.90 Å². The van der Waals surface area contributed by atoms with Crippen LogP contribution in [0.2, 0.25) is 0 Å². The summed E-state index contributed by atoms with van der Waals surface area (Å²) in [6.45, 7) is 10.6. The van der Waals surface area contributed by atoms with Crippen LogP contribution in [0.3, 0.4) is 0 Å². The molecule has 0 bridgehead atoms. The number of carbonyl (C=O) groups excluding carboxylic acids is 1. The van der Waals surface area contributed by atoms with E-state index in [-0.39, 0.29) is 30.4 Å². The quantitative estimate of drug-likeness (QED) is 0.476. The van der Waals surface area contributed by atoms with Gasteiger partial charge in [0.2, 0.25) is 0 Å². The molecule has 0 saturated carbocycles. The van der Waals surface area contributed by atoms with Gasteiger partial charge in [0.1, 0.15) is 0 Å². The minimum Gasteiger partial charge on any atom is -0.462 e. The molecule has 1 heterocycles. The van der Waals surface area contributed by atoms with E-state index < -0.39 is 6.10 Å². The van der Waals surface area contributed by atoms with E-state index in [2.05, 4.69) is 13.8 Å². The third kappa shape index (κ3) is 8.34. The maximum Gasteiger partial charge on any atom is 0.330 e. The summed E-state index contributed by atoms with van der Waals surface area (Å²) in [5.74, 6) is 0.348. The second-order valence-corrected chi connectivity index (χ2v) is 7.23. The summed E-state index contributed by atoms with van der Waals surface area (Å²) < 4.78 is 16.9. The SMILES string of the molecule is CCC(CC)COC(=O)/C=C\CC[C@@H](C)O[C@@H]1O[C@@H](C)[C@H](O)C[C@H]1C. The van der Waals surface area contributed by atoms with Gasteiger partial charge in [-0.2, -0.15) is 0 Å². The number of aliphatic hydroxyl groups excluding tert-OH is 1. The molecule has 0 aliphatic carbocycles. The van der Waals surface area contributed by atoms with Crippen molar-refractivity contribution in [3.63, 3.8) is 0 Å².